The molecule has 0 spiro atoms. The molecule has 4 aromatic rings. The molecule has 0 radical (unpaired) electrons. The van der Waals surface area contributed by atoms with E-state index < -0.39 is 14.9 Å². The lowest BCUT2D eigenvalue weighted by Crippen LogP contribution is -2.18. The molecular formula is C28H27N3O7S. The van der Waals surface area contributed by atoms with E-state index >= 15 is 0 Å². The molecule has 0 unspecified atom stereocenters. The van der Waals surface area contributed by atoms with E-state index in [-0.39, 0.29) is 27.7 Å². The minimum atomic E-state index is -4.00. The second kappa shape index (κ2) is 11.8. The van der Waals surface area contributed by atoms with Crippen molar-refractivity contribution in [2.45, 2.75) is 25.7 Å². The Hall–Kier alpha value is -4.64. The molecule has 11 heteroatoms. The van der Waals surface area contributed by atoms with Crippen molar-refractivity contribution in [2.75, 3.05) is 13.2 Å². The molecule has 39 heavy (non-hydrogen) atoms. The van der Waals surface area contributed by atoms with Crippen LogP contribution in [0, 0.1) is 17.0 Å². The van der Waals surface area contributed by atoms with Gasteiger partial charge in [-0.05, 0) is 74.9 Å². The van der Waals surface area contributed by atoms with Crippen LogP contribution in [-0.2, 0) is 10.0 Å². The molecule has 0 saturated heterocycles. The smallest absolute Gasteiger partial charge is 0.324 e. The van der Waals surface area contributed by atoms with Crippen molar-refractivity contribution >= 4 is 21.9 Å². The number of nitrogens with zero attached hydrogens (tertiary/aromatic N) is 2. The fraction of sp³-hybridized carbons (Fsp3) is 0.179. The van der Waals surface area contributed by atoms with Crippen LogP contribution in [0.4, 0.5) is 5.69 Å². The van der Waals surface area contributed by atoms with Gasteiger partial charge in [-0.3, -0.25) is 10.1 Å². The lowest BCUT2D eigenvalue weighted by Gasteiger charge is -2.07. The first-order valence-electron chi connectivity index (χ1n) is 12.1. The number of benzene rings is 3. The van der Waals surface area contributed by atoms with Crippen molar-refractivity contribution in [3.05, 3.63) is 94.2 Å². The maximum atomic E-state index is 12.6. The van der Waals surface area contributed by atoms with E-state index in [0.29, 0.717) is 35.8 Å². The number of rotatable bonds is 11. The normalized spacial score (nSPS) is 11.5. The summed E-state index contributed by atoms with van der Waals surface area (Å²) in [6.07, 6.45) is 0.986. The summed E-state index contributed by atoms with van der Waals surface area (Å²) in [7, 11) is -4.00. The molecule has 1 heterocycles. The number of furan rings is 1. The van der Waals surface area contributed by atoms with Crippen LogP contribution in [-0.4, -0.2) is 32.8 Å². The number of hydrogen-bond donors (Lipinski definition) is 1. The highest BCUT2D eigenvalue weighted by molar-refractivity contribution is 7.89. The quantitative estimate of drug-likeness (QED) is 0.139. The lowest BCUT2D eigenvalue weighted by molar-refractivity contribution is -0.384. The van der Waals surface area contributed by atoms with Crippen molar-refractivity contribution in [3.8, 4) is 33.9 Å². The zero-order valence-electron chi connectivity index (χ0n) is 21.6. The predicted molar refractivity (Wildman–Crippen MR) is 148 cm³/mol. The zero-order valence-corrected chi connectivity index (χ0v) is 22.4. The Kier molecular flexibility index (Phi) is 8.30. The van der Waals surface area contributed by atoms with Crippen LogP contribution in [0.5, 0.6) is 11.5 Å². The number of nitro groups is 1. The Morgan fingerprint density at radius 3 is 1.95 bits per heavy atom. The number of sulfonamides is 1. The van der Waals surface area contributed by atoms with Crippen molar-refractivity contribution in [3.63, 3.8) is 0 Å². The van der Waals surface area contributed by atoms with Gasteiger partial charge in [-0.1, -0.05) is 29.8 Å². The molecule has 0 aliphatic heterocycles. The second-order valence-corrected chi connectivity index (χ2v) is 10.0. The highest BCUT2D eigenvalue weighted by atomic mass is 32.2. The van der Waals surface area contributed by atoms with E-state index in [4.69, 9.17) is 13.9 Å². The monoisotopic (exact) mass is 549 g/mol. The van der Waals surface area contributed by atoms with Gasteiger partial charge < -0.3 is 13.9 Å². The third-order valence-electron chi connectivity index (χ3n) is 5.66. The Bertz CT molecular complexity index is 1580. The molecule has 0 aliphatic rings. The predicted octanol–water partition coefficient (Wildman–Crippen LogP) is 5.94. The van der Waals surface area contributed by atoms with E-state index in [9.17, 15) is 18.5 Å². The highest BCUT2D eigenvalue weighted by Crippen LogP contribution is 2.44. The summed E-state index contributed by atoms with van der Waals surface area (Å²) in [5.41, 5.74) is 1.83. The van der Waals surface area contributed by atoms with Gasteiger partial charge in [0.1, 0.15) is 22.8 Å². The van der Waals surface area contributed by atoms with E-state index in [1.807, 2.05) is 20.8 Å². The van der Waals surface area contributed by atoms with Crippen LogP contribution < -0.4 is 14.3 Å². The molecule has 4 rings (SSSR count). The van der Waals surface area contributed by atoms with Gasteiger partial charge in [-0.15, -0.1) is 0 Å². The number of hydrogen-bond acceptors (Lipinski definition) is 8. The molecule has 0 fully saturated rings. The van der Waals surface area contributed by atoms with Crippen LogP contribution in [0.15, 0.2) is 87.2 Å². The van der Waals surface area contributed by atoms with Gasteiger partial charge in [0.15, 0.2) is 0 Å². The zero-order chi connectivity index (χ0) is 28.0. The summed E-state index contributed by atoms with van der Waals surface area (Å²) in [5, 5.41) is 16.1. The van der Waals surface area contributed by atoms with Gasteiger partial charge in [0.25, 0.3) is 10.0 Å². The molecule has 0 aliphatic carbocycles. The lowest BCUT2D eigenvalue weighted by atomic mass is 10.00. The fourth-order valence-electron chi connectivity index (χ4n) is 3.86. The average molecular weight is 550 g/mol. The molecule has 1 aromatic heterocycles. The SMILES string of the molecule is CCOc1ccc(-c2oc(C=NNS(=O)(=O)c3ccc(C)cc3)c([N+](=O)[O-])c2-c2ccc(OCC)cc2)cc1. The summed E-state index contributed by atoms with van der Waals surface area (Å²) >= 11 is 0. The van der Waals surface area contributed by atoms with Gasteiger partial charge in [0.05, 0.1) is 29.2 Å². The molecular weight excluding hydrogens is 522 g/mol. The number of hydrazone groups is 1. The maximum Gasteiger partial charge on any atom is 0.324 e. The Morgan fingerprint density at radius 2 is 1.44 bits per heavy atom. The molecule has 10 nitrogen and oxygen atoms in total. The van der Waals surface area contributed by atoms with Gasteiger partial charge >= 0.3 is 5.69 Å². The van der Waals surface area contributed by atoms with Crippen LogP contribution in [0.2, 0.25) is 0 Å². The second-order valence-electron chi connectivity index (χ2n) is 8.36. The number of ether oxygens (including phenoxy) is 2. The van der Waals surface area contributed by atoms with E-state index in [1.165, 1.54) is 12.1 Å². The van der Waals surface area contributed by atoms with Crippen LogP contribution >= 0.6 is 0 Å². The molecule has 0 amide bonds. The van der Waals surface area contributed by atoms with Crippen molar-refractivity contribution in [2.24, 2.45) is 5.10 Å². The van der Waals surface area contributed by atoms with Gasteiger partial charge in [0.2, 0.25) is 5.76 Å². The Morgan fingerprint density at radius 1 is 0.897 bits per heavy atom. The van der Waals surface area contributed by atoms with E-state index in [0.717, 1.165) is 11.8 Å². The Labute approximate surface area is 226 Å². The molecule has 0 saturated carbocycles. The third kappa shape index (κ3) is 6.27. The molecule has 0 bridgehead atoms. The van der Waals surface area contributed by atoms with Crippen molar-refractivity contribution in [1.82, 2.24) is 4.83 Å². The minimum absolute atomic E-state index is 0.00403. The largest absolute Gasteiger partial charge is 0.494 e. The molecule has 202 valence electrons. The summed E-state index contributed by atoms with van der Waals surface area (Å²) in [5.74, 6) is 1.25. The van der Waals surface area contributed by atoms with Crippen LogP contribution in [0.1, 0.15) is 25.2 Å². The van der Waals surface area contributed by atoms with Gasteiger partial charge in [-0.25, -0.2) is 0 Å². The average Bonchev–Trinajstić information content (AvgIpc) is 3.30. The number of nitrogens with one attached hydrogen (secondary N) is 1. The standard InChI is InChI=1S/C28H27N3O7S/c1-4-36-22-12-8-20(9-13-22)26-27(31(32)33)25(38-28(26)21-10-14-23(15-11-21)37-5-2)18-29-30-39(34,35)24-16-6-19(3)7-17-24/h6-18,30H,4-5H2,1-3H3. The number of aryl methyl sites for hydroxylation is 1. The third-order valence-corrected chi connectivity index (χ3v) is 6.90. The molecule has 1 N–H and O–H groups in total. The summed E-state index contributed by atoms with van der Waals surface area (Å²) < 4.78 is 42.2. The van der Waals surface area contributed by atoms with Crippen molar-refractivity contribution < 1.29 is 27.2 Å². The summed E-state index contributed by atoms with van der Waals surface area (Å²) in [6, 6.07) is 19.9. The first-order chi connectivity index (χ1) is 18.7. The van der Waals surface area contributed by atoms with Crippen molar-refractivity contribution in [1.29, 1.82) is 0 Å². The Balaban J connectivity index is 1.79. The topological polar surface area (TPSA) is 133 Å². The minimum Gasteiger partial charge on any atom is -0.494 e. The fourth-order valence-corrected chi connectivity index (χ4v) is 4.65. The van der Waals surface area contributed by atoms with E-state index in [2.05, 4.69) is 9.93 Å². The van der Waals surface area contributed by atoms with Gasteiger partial charge in [0, 0.05) is 5.56 Å². The maximum absolute atomic E-state index is 12.6. The van der Waals surface area contributed by atoms with Crippen LogP contribution in [0.3, 0.4) is 0 Å². The highest BCUT2D eigenvalue weighted by Gasteiger charge is 2.31. The van der Waals surface area contributed by atoms with Gasteiger partial charge in [-0.2, -0.15) is 18.4 Å². The first kappa shape index (κ1) is 27.4. The molecule has 0 atom stereocenters. The first-order valence-corrected chi connectivity index (χ1v) is 13.6. The molecule has 3 aromatic carbocycles. The summed E-state index contributed by atoms with van der Waals surface area (Å²) in [6.45, 7) is 6.52. The van der Waals surface area contributed by atoms with E-state index in [1.54, 1.807) is 60.7 Å². The summed E-state index contributed by atoms with van der Waals surface area (Å²) in [4.78, 5) is 13.8. The van der Waals surface area contributed by atoms with Crippen LogP contribution in [0.25, 0.3) is 22.5 Å².